The molecule has 0 aromatic heterocycles. The van der Waals surface area contributed by atoms with Gasteiger partial charge in [-0.25, -0.2) is 0 Å². The Morgan fingerprint density at radius 1 is 1.50 bits per heavy atom. The lowest BCUT2D eigenvalue weighted by molar-refractivity contribution is 0.319. The van der Waals surface area contributed by atoms with Crippen LogP contribution in [0.25, 0.3) is 0 Å². The molecule has 1 saturated heterocycles. The molecule has 0 spiro atoms. The van der Waals surface area contributed by atoms with Crippen molar-refractivity contribution in [3.05, 3.63) is 0 Å². The van der Waals surface area contributed by atoms with Gasteiger partial charge in [0.2, 0.25) is 0 Å². The number of hydrogen-bond donors (Lipinski definition) is 1. The highest BCUT2D eigenvalue weighted by Gasteiger charge is 2.24. The molecule has 0 aromatic carbocycles. The molecular formula is C10H24N2. The fourth-order valence-corrected chi connectivity index (χ4v) is 1.85. The maximum atomic E-state index is 3.64. The van der Waals surface area contributed by atoms with Crippen molar-refractivity contribution in [2.45, 2.75) is 45.7 Å². The van der Waals surface area contributed by atoms with Gasteiger partial charge in [-0.15, -0.1) is 0 Å². The van der Waals surface area contributed by atoms with Gasteiger partial charge in [-0.3, -0.25) is 0 Å². The molecule has 0 saturated carbocycles. The van der Waals surface area contributed by atoms with Gasteiger partial charge in [-0.2, -0.15) is 0 Å². The van der Waals surface area contributed by atoms with E-state index in [1.54, 1.807) is 0 Å². The molecule has 1 N–H and O–H groups in total. The Balaban J connectivity index is 0.00000144. The second kappa shape index (κ2) is 3.75. The molecule has 1 heterocycles. The summed E-state index contributed by atoms with van der Waals surface area (Å²) in [6, 6.07) is 0.713. The lowest BCUT2D eigenvalue weighted by Crippen LogP contribution is -2.44. The molecule has 2 heteroatoms. The maximum Gasteiger partial charge on any atom is 0.0212 e. The predicted octanol–water partition coefficient (Wildman–Crippen LogP) is 1.71. The van der Waals surface area contributed by atoms with Gasteiger partial charge >= 0.3 is 0 Å². The Hall–Kier alpha value is -0.0800. The van der Waals surface area contributed by atoms with Gasteiger partial charge in [0.1, 0.15) is 0 Å². The molecule has 12 heavy (non-hydrogen) atoms. The van der Waals surface area contributed by atoms with E-state index in [1.807, 2.05) is 0 Å². The second-order valence-electron chi connectivity index (χ2n) is 4.77. The van der Waals surface area contributed by atoms with Crippen molar-refractivity contribution < 1.29 is 1.43 Å². The van der Waals surface area contributed by atoms with Gasteiger partial charge in [0, 0.05) is 19.6 Å². The van der Waals surface area contributed by atoms with Crippen LogP contribution in [0.3, 0.4) is 0 Å². The van der Waals surface area contributed by atoms with Crippen LogP contribution in [0.2, 0.25) is 0 Å². The zero-order chi connectivity index (χ0) is 9.19. The Bertz CT molecular complexity index is 142. The first-order valence-corrected chi connectivity index (χ1v) is 5.01. The van der Waals surface area contributed by atoms with Gasteiger partial charge < -0.3 is 10.2 Å². The van der Waals surface area contributed by atoms with Crippen LogP contribution >= 0.6 is 0 Å². The predicted molar refractivity (Wildman–Crippen MR) is 55.5 cm³/mol. The highest BCUT2D eigenvalue weighted by atomic mass is 15.2. The molecule has 1 unspecified atom stereocenters. The van der Waals surface area contributed by atoms with E-state index in [9.17, 15) is 0 Å². The third kappa shape index (κ3) is 3.11. The zero-order valence-electron chi connectivity index (χ0n) is 8.85. The first kappa shape index (κ1) is 10.0. The number of hydrogen-bond acceptors (Lipinski definition) is 2. The van der Waals surface area contributed by atoms with Crippen molar-refractivity contribution in [2.24, 2.45) is 0 Å². The molecular weight excluding hydrogens is 148 g/mol. The fourth-order valence-electron chi connectivity index (χ4n) is 1.85. The minimum absolute atomic E-state index is 0. The maximum absolute atomic E-state index is 3.64. The summed E-state index contributed by atoms with van der Waals surface area (Å²) in [4.78, 5) is 2.50. The summed E-state index contributed by atoms with van der Waals surface area (Å²) in [7, 11) is 0. The van der Waals surface area contributed by atoms with Crippen LogP contribution in [-0.2, 0) is 0 Å². The summed E-state index contributed by atoms with van der Waals surface area (Å²) in [5.41, 5.74) is 0.272. The van der Waals surface area contributed by atoms with Crippen molar-refractivity contribution in [3.8, 4) is 0 Å². The van der Waals surface area contributed by atoms with E-state index < -0.39 is 0 Å². The summed E-state index contributed by atoms with van der Waals surface area (Å²) >= 11 is 0. The van der Waals surface area contributed by atoms with Crippen LogP contribution < -0.4 is 5.32 Å². The van der Waals surface area contributed by atoms with Gasteiger partial charge in [-0.1, -0.05) is 6.92 Å². The fraction of sp³-hybridized carbons (Fsp3) is 1.00. The number of nitrogens with zero attached hydrogens (tertiary/aromatic N) is 1. The van der Waals surface area contributed by atoms with Crippen LogP contribution in [0.15, 0.2) is 0 Å². The third-order valence-electron chi connectivity index (χ3n) is 2.36. The van der Waals surface area contributed by atoms with E-state index in [4.69, 9.17) is 0 Å². The number of likely N-dealkylation sites (N-methyl/N-ethyl adjacent to an activating group) is 1. The molecule has 0 amide bonds. The van der Waals surface area contributed by atoms with E-state index in [-0.39, 0.29) is 6.97 Å². The Labute approximate surface area is 77.8 Å². The molecule has 1 fully saturated rings. The SMILES string of the molecule is CCN1CCC(NC(C)(C)C)C1.[HH]. The van der Waals surface area contributed by atoms with E-state index in [1.165, 1.54) is 26.1 Å². The minimum atomic E-state index is 0. The first-order valence-electron chi connectivity index (χ1n) is 5.01. The van der Waals surface area contributed by atoms with Crippen LogP contribution in [0.5, 0.6) is 0 Å². The molecule has 1 aliphatic rings. The van der Waals surface area contributed by atoms with Crippen LogP contribution in [0.1, 0.15) is 35.5 Å². The Morgan fingerprint density at radius 3 is 2.58 bits per heavy atom. The Kier molecular flexibility index (Phi) is 3.13. The van der Waals surface area contributed by atoms with Crippen molar-refractivity contribution >= 4 is 0 Å². The molecule has 1 atom stereocenters. The van der Waals surface area contributed by atoms with Crippen molar-refractivity contribution in [1.29, 1.82) is 0 Å². The molecule has 0 aliphatic carbocycles. The monoisotopic (exact) mass is 172 g/mol. The van der Waals surface area contributed by atoms with Gasteiger partial charge in [0.15, 0.2) is 0 Å². The third-order valence-corrected chi connectivity index (χ3v) is 2.36. The van der Waals surface area contributed by atoms with Crippen molar-refractivity contribution in [1.82, 2.24) is 10.2 Å². The van der Waals surface area contributed by atoms with Crippen molar-refractivity contribution in [3.63, 3.8) is 0 Å². The Morgan fingerprint density at radius 2 is 2.17 bits per heavy atom. The van der Waals surface area contributed by atoms with E-state index in [2.05, 4.69) is 37.9 Å². The summed E-state index contributed by atoms with van der Waals surface area (Å²) in [6.45, 7) is 12.6. The van der Waals surface area contributed by atoms with Gasteiger partial charge in [-0.05, 0) is 40.3 Å². The van der Waals surface area contributed by atoms with Crippen LogP contribution in [0.4, 0.5) is 0 Å². The zero-order valence-corrected chi connectivity index (χ0v) is 8.85. The molecule has 2 nitrogen and oxygen atoms in total. The van der Waals surface area contributed by atoms with E-state index in [0.29, 0.717) is 6.04 Å². The molecule has 0 bridgehead atoms. The van der Waals surface area contributed by atoms with E-state index in [0.717, 1.165) is 0 Å². The molecule has 1 aliphatic heterocycles. The standard InChI is InChI=1S/C10H22N2.H2/c1-5-12-7-6-9(8-12)11-10(2,3)4;/h9,11H,5-8H2,1-4H3;1H. The summed E-state index contributed by atoms with van der Waals surface area (Å²) in [5, 5.41) is 3.64. The summed E-state index contributed by atoms with van der Waals surface area (Å²) in [6.07, 6.45) is 1.31. The number of likely N-dealkylation sites (tertiary alicyclic amines) is 1. The number of rotatable bonds is 2. The lowest BCUT2D eigenvalue weighted by Gasteiger charge is -2.25. The van der Waals surface area contributed by atoms with Gasteiger partial charge in [0.25, 0.3) is 0 Å². The molecule has 0 aromatic rings. The molecule has 1 rings (SSSR count). The number of nitrogens with one attached hydrogen (secondary N) is 1. The second-order valence-corrected chi connectivity index (χ2v) is 4.77. The highest BCUT2D eigenvalue weighted by Crippen LogP contribution is 2.12. The molecule has 0 radical (unpaired) electrons. The molecule has 74 valence electrons. The smallest absolute Gasteiger partial charge is 0.0212 e. The first-order chi connectivity index (χ1) is 5.51. The topological polar surface area (TPSA) is 15.3 Å². The largest absolute Gasteiger partial charge is 0.308 e. The summed E-state index contributed by atoms with van der Waals surface area (Å²) in [5.74, 6) is 0. The van der Waals surface area contributed by atoms with Crippen LogP contribution in [-0.4, -0.2) is 36.1 Å². The highest BCUT2D eigenvalue weighted by molar-refractivity contribution is 4.85. The lowest BCUT2D eigenvalue weighted by atomic mass is 10.1. The average Bonchev–Trinajstić information content (AvgIpc) is 2.32. The van der Waals surface area contributed by atoms with Crippen LogP contribution in [0, 0.1) is 0 Å². The van der Waals surface area contributed by atoms with E-state index >= 15 is 0 Å². The van der Waals surface area contributed by atoms with Crippen molar-refractivity contribution in [2.75, 3.05) is 19.6 Å². The quantitative estimate of drug-likeness (QED) is 0.682. The summed E-state index contributed by atoms with van der Waals surface area (Å²) < 4.78 is 0. The average molecular weight is 172 g/mol. The minimum Gasteiger partial charge on any atom is -0.308 e. The normalized spacial score (nSPS) is 26.5. The van der Waals surface area contributed by atoms with Gasteiger partial charge in [0.05, 0.1) is 0 Å².